The first-order valence-corrected chi connectivity index (χ1v) is 5.25. The number of hydrogen-bond acceptors (Lipinski definition) is 4. The minimum Gasteiger partial charge on any atom is -0.365 e. The maximum atomic E-state index is 13.3. The molecule has 0 spiro atoms. The fourth-order valence-corrected chi connectivity index (χ4v) is 1.81. The molecule has 0 aromatic heterocycles. The number of rotatable bonds is 2. The normalized spacial score (nSPS) is 19.8. The highest BCUT2D eigenvalue weighted by Crippen LogP contribution is 2.20. The smallest absolute Gasteiger partial charge is 0.161 e. The maximum Gasteiger partial charge on any atom is 0.161 e. The van der Waals surface area contributed by atoms with Gasteiger partial charge in [0.15, 0.2) is 6.10 Å². The molecule has 0 aliphatic carbocycles. The molecule has 1 unspecified atom stereocenters. The van der Waals surface area contributed by atoms with E-state index in [2.05, 4.69) is 0 Å². The van der Waals surface area contributed by atoms with E-state index in [1.165, 1.54) is 12.1 Å². The molecule has 1 aromatic rings. The number of morpholine rings is 1. The molecule has 0 saturated carbocycles. The molecule has 1 saturated heterocycles. The second-order valence-corrected chi connectivity index (χ2v) is 3.80. The molecule has 1 fully saturated rings. The van der Waals surface area contributed by atoms with Gasteiger partial charge in [0.05, 0.1) is 19.2 Å². The second-order valence-electron chi connectivity index (χ2n) is 3.80. The number of hydrogen-bond donors (Lipinski definition) is 0. The third kappa shape index (κ3) is 2.60. The lowest BCUT2D eigenvalue weighted by Gasteiger charge is -2.31. The lowest BCUT2D eigenvalue weighted by Crippen LogP contribution is -2.41. The zero-order valence-electron chi connectivity index (χ0n) is 9.10. The molecule has 1 atom stereocenters. The summed E-state index contributed by atoms with van der Waals surface area (Å²) in [6, 6.07) is 6.16. The lowest BCUT2D eigenvalue weighted by molar-refractivity contribution is 0.0764. The van der Waals surface area contributed by atoms with Crippen LogP contribution in [0.3, 0.4) is 0 Å². The van der Waals surface area contributed by atoms with Crippen LogP contribution < -0.4 is 4.90 Å². The van der Waals surface area contributed by atoms with Crippen molar-refractivity contribution >= 4 is 12.0 Å². The van der Waals surface area contributed by atoms with Crippen LogP contribution in [0.5, 0.6) is 0 Å². The number of carbonyl (C=O) groups excluding carboxylic acids is 1. The summed E-state index contributed by atoms with van der Waals surface area (Å²) in [6.45, 7) is 1.39. The van der Waals surface area contributed by atoms with E-state index in [4.69, 9.17) is 10.00 Å². The third-order valence-corrected chi connectivity index (χ3v) is 2.62. The predicted octanol–water partition coefficient (Wildman–Crippen LogP) is 1.37. The van der Waals surface area contributed by atoms with E-state index in [9.17, 15) is 9.18 Å². The lowest BCUT2D eigenvalue weighted by atomic mass is 10.1. The monoisotopic (exact) mass is 234 g/mol. The standard InChI is InChI=1S/C12H11FN2O2/c13-10-3-9(8-16)4-11(5-10)15-1-2-17-12(6-14)7-15/h3-5,8,12H,1-2,7H2. The van der Waals surface area contributed by atoms with Gasteiger partial charge in [-0.2, -0.15) is 5.26 Å². The molecular weight excluding hydrogens is 223 g/mol. The number of nitriles is 1. The van der Waals surface area contributed by atoms with Crippen LogP contribution in [0.1, 0.15) is 10.4 Å². The number of anilines is 1. The quantitative estimate of drug-likeness (QED) is 0.725. The van der Waals surface area contributed by atoms with E-state index in [0.29, 0.717) is 37.2 Å². The molecule has 2 rings (SSSR count). The van der Waals surface area contributed by atoms with Crippen LogP contribution in [0, 0.1) is 17.1 Å². The van der Waals surface area contributed by atoms with Crippen molar-refractivity contribution in [2.45, 2.75) is 6.10 Å². The summed E-state index contributed by atoms with van der Waals surface area (Å²) in [5.41, 5.74) is 0.899. The van der Waals surface area contributed by atoms with Gasteiger partial charge in [0.25, 0.3) is 0 Å². The average molecular weight is 234 g/mol. The van der Waals surface area contributed by atoms with Crippen molar-refractivity contribution in [3.63, 3.8) is 0 Å². The van der Waals surface area contributed by atoms with Crippen molar-refractivity contribution in [3.05, 3.63) is 29.6 Å². The first-order valence-electron chi connectivity index (χ1n) is 5.25. The molecule has 0 bridgehead atoms. The van der Waals surface area contributed by atoms with Gasteiger partial charge < -0.3 is 9.64 Å². The molecule has 1 aliphatic rings. The summed E-state index contributed by atoms with van der Waals surface area (Å²) >= 11 is 0. The largest absolute Gasteiger partial charge is 0.365 e. The Balaban J connectivity index is 2.24. The Hall–Kier alpha value is -1.93. The van der Waals surface area contributed by atoms with E-state index in [-0.39, 0.29) is 0 Å². The molecule has 4 nitrogen and oxygen atoms in total. The van der Waals surface area contributed by atoms with Crippen molar-refractivity contribution in [2.24, 2.45) is 0 Å². The minimum absolute atomic E-state index is 0.292. The zero-order chi connectivity index (χ0) is 12.3. The fourth-order valence-electron chi connectivity index (χ4n) is 1.81. The highest BCUT2D eigenvalue weighted by Gasteiger charge is 2.20. The Morgan fingerprint density at radius 1 is 1.53 bits per heavy atom. The highest BCUT2D eigenvalue weighted by molar-refractivity contribution is 5.77. The number of ether oxygens (including phenoxy) is 1. The van der Waals surface area contributed by atoms with Crippen LogP contribution in [0.2, 0.25) is 0 Å². The average Bonchev–Trinajstić information content (AvgIpc) is 2.38. The van der Waals surface area contributed by atoms with Crippen LogP contribution >= 0.6 is 0 Å². The first-order chi connectivity index (χ1) is 8.22. The van der Waals surface area contributed by atoms with Gasteiger partial charge in [-0.3, -0.25) is 4.79 Å². The van der Waals surface area contributed by atoms with E-state index in [1.54, 1.807) is 6.07 Å². The SMILES string of the molecule is N#CC1CN(c2cc(F)cc(C=O)c2)CCO1. The number of nitrogens with zero attached hydrogens (tertiary/aromatic N) is 2. The van der Waals surface area contributed by atoms with Gasteiger partial charge in [0.1, 0.15) is 12.1 Å². The van der Waals surface area contributed by atoms with Crippen molar-refractivity contribution in [1.29, 1.82) is 5.26 Å². The van der Waals surface area contributed by atoms with Gasteiger partial charge in [0.2, 0.25) is 0 Å². The molecule has 1 heterocycles. The highest BCUT2D eigenvalue weighted by atomic mass is 19.1. The van der Waals surface area contributed by atoms with Gasteiger partial charge in [-0.1, -0.05) is 0 Å². The Labute approximate surface area is 98.2 Å². The summed E-state index contributed by atoms with van der Waals surface area (Å²) < 4.78 is 18.5. The Kier molecular flexibility index (Phi) is 3.35. The van der Waals surface area contributed by atoms with Crippen LogP contribution in [-0.2, 0) is 4.74 Å². The van der Waals surface area contributed by atoms with E-state index < -0.39 is 11.9 Å². The molecule has 1 aliphatic heterocycles. The van der Waals surface area contributed by atoms with Crippen LogP contribution in [0.15, 0.2) is 18.2 Å². The van der Waals surface area contributed by atoms with Gasteiger partial charge in [-0.15, -0.1) is 0 Å². The predicted molar refractivity (Wildman–Crippen MR) is 59.4 cm³/mol. The van der Waals surface area contributed by atoms with Crippen molar-refractivity contribution < 1.29 is 13.9 Å². The van der Waals surface area contributed by atoms with Gasteiger partial charge in [-0.25, -0.2) is 4.39 Å². The van der Waals surface area contributed by atoms with E-state index >= 15 is 0 Å². The van der Waals surface area contributed by atoms with Crippen LogP contribution in [0.4, 0.5) is 10.1 Å². The summed E-state index contributed by atoms with van der Waals surface area (Å²) in [6.07, 6.45) is 0.0983. The van der Waals surface area contributed by atoms with Crippen molar-refractivity contribution in [2.75, 3.05) is 24.6 Å². The maximum absolute atomic E-state index is 13.3. The summed E-state index contributed by atoms with van der Waals surface area (Å²) in [7, 11) is 0. The molecule has 0 radical (unpaired) electrons. The van der Waals surface area contributed by atoms with Crippen LogP contribution in [0.25, 0.3) is 0 Å². The molecule has 0 amide bonds. The molecule has 88 valence electrons. The molecular formula is C12H11FN2O2. The molecule has 5 heteroatoms. The first kappa shape index (κ1) is 11.6. The zero-order valence-corrected chi connectivity index (χ0v) is 9.10. The van der Waals surface area contributed by atoms with Crippen LogP contribution in [-0.4, -0.2) is 32.1 Å². The van der Waals surface area contributed by atoms with Gasteiger partial charge in [0, 0.05) is 17.8 Å². The fraction of sp³-hybridized carbons (Fsp3) is 0.333. The third-order valence-electron chi connectivity index (χ3n) is 2.62. The number of aldehydes is 1. The van der Waals surface area contributed by atoms with Gasteiger partial charge >= 0.3 is 0 Å². The molecule has 17 heavy (non-hydrogen) atoms. The number of benzene rings is 1. The minimum atomic E-state index is -0.508. The molecule has 0 N–H and O–H groups in total. The number of carbonyl (C=O) groups is 1. The summed E-state index contributed by atoms with van der Waals surface area (Å²) in [5.74, 6) is -0.454. The van der Waals surface area contributed by atoms with Gasteiger partial charge in [-0.05, 0) is 18.2 Å². The topological polar surface area (TPSA) is 53.3 Å². The van der Waals surface area contributed by atoms with E-state index in [0.717, 1.165) is 0 Å². The van der Waals surface area contributed by atoms with Crippen molar-refractivity contribution in [3.8, 4) is 6.07 Å². The van der Waals surface area contributed by atoms with Crippen molar-refractivity contribution in [1.82, 2.24) is 0 Å². The number of halogens is 1. The summed E-state index contributed by atoms with van der Waals surface area (Å²) in [4.78, 5) is 12.5. The summed E-state index contributed by atoms with van der Waals surface area (Å²) in [5, 5.41) is 8.78. The van der Waals surface area contributed by atoms with E-state index in [1.807, 2.05) is 11.0 Å². The second kappa shape index (κ2) is 4.93. The molecule has 1 aromatic carbocycles. The Morgan fingerprint density at radius 3 is 3.06 bits per heavy atom. The Morgan fingerprint density at radius 2 is 2.35 bits per heavy atom. The Bertz CT molecular complexity index is 470.